The lowest BCUT2D eigenvalue weighted by Gasteiger charge is -2.43. The van der Waals surface area contributed by atoms with Crippen molar-refractivity contribution in [3.05, 3.63) is 78.1 Å². The molecule has 1 aromatic heterocycles. The van der Waals surface area contributed by atoms with Crippen LogP contribution < -0.4 is 30.9 Å². The molecule has 0 saturated carbocycles. The van der Waals surface area contributed by atoms with Crippen molar-refractivity contribution in [2.75, 3.05) is 73.8 Å². The molecule has 0 spiro atoms. The number of rotatable bonds is 23. The van der Waals surface area contributed by atoms with Crippen LogP contribution in [0, 0.1) is 0 Å². The fourth-order valence-corrected chi connectivity index (χ4v) is 11.4. The number of nitrogens with zero attached hydrogens (tertiary/aromatic N) is 7. The topological polar surface area (TPSA) is 228 Å². The van der Waals surface area contributed by atoms with Crippen LogP contribution in [0.4, 0.5) is 34.6 Å². The van der Waals surface area contributed by atoms with Gasteiger partial charge in [-0.1, -0.05) is 63.1 Å². The Morgan fingerprint density at radius 3 is 2.10 bits per heavy atom. The van der Waals surface area contributed by atoms with Gasteiger partial charge in [0.25, 0.3) is 11.8 Å². The lowest BCUT2D eigenvalue weighted by Crippen LogP contribution is -2.54. The van der Waals surface area contributed by atoms with Crippen LogP contribution >= 0.6 is 0 Å². The summed E-state index contributed by atoms with van der Waals surface area (Å²) in [6.07, 6.45) is 13.9. The van der Waals surface area contributed by atoms with Gasteiger partial charge in [-0.25, -0.2) is 18.4 Å². The van der Waals surface area contributed by atoms with E-state index in [-0.39, 0.29) is 41.1 Å². The second kappa shape index (κ2) is 24.4. The highest BCUT2D eigenvalue weighted by molar-refractivity contribution is 7.92. The number of para-hydroxylation sites is 1. The van der Waals surface area contributed by atoms with Gasteiger partial charge in [0, 0.05) is 82.1 Å². The third kappa shape index (κ3) is 12.8. The Labute approximate surface area is 428 Å². The molecule has 8 rings (SSSR count). The average molecular weight is 1020 g/mol. The highest BCUT2D eigenvalue weighted by Crippen LogP contribution is 2.35. The van der Waals surface area contributed by atoms with Crippen molar-refractivity contribution < 1.29 is 37.1 Å². The molecular weight excluding hydrogens is 951 g/mol. The Bertz CT molecular complexity index is 2740. The monoisotopic (exact) mass is 1020 g/mol. The third-order valence-corrected chi connectivity index (χ3v) is 16.6. The van der Waals surface area contributed by atoms with Crippen LogP contribution in [0.25, 0.3) is 0 Å². The zero-order valence-corrected chi connectivity index (χ0v) is 43.1. The lowest BCUT2D eigenvalue weighted by atomic mass is 10.0. The molecule has 73 heavy (non-hydrogen) atoms. The standard InChI is InChI=1S/C53H69N11O8S/c1-36(2)73(70,71)45-19-13-12-17-41(45)58-53-56-35-55-52(60-53)57-40-22-21-38(34-44(40)72-3)61-28-25-37(26-29-61)62-30-32-63(33-31-62)47(66)20-11-9-7-5-4-6-8-10-14-27-54-42-18-15-16-39-48(42)51(69)64(50(39)68)43-23-24-46(65)59-49(43)67/h12-13,15-19,21-22,34-37,43,54H,4-11,14,20,23-33H2,1-3H3,(H,59,65,67)(H2,55,56,57,58,60). The molecule has 4 N–H and O–H groups in total. The predicted molar refractivity (Wildman–Crippen MR) is 279 cm³/mol. The zero-order chi connectivity index (χ0) is 51.5. The number of benzene rings is 3. The van der Waals surface area contributed by atoms with Crippen molar-refractivity contribution in [3.63, 3.8) is 0 Å². The van der Waals surface area contributed by atoms with Gasteiger partial charge in [-0.15, -0.1) is 0 Å². The molecule has 3 saturated heterocycles. The van der Waals surface area contributed by atoms with Crippen LogP contribution in [-0.2, 0) is 24.2 Å². The molecule has 4 aromatic rings. The summed E-state index contributed by atoms with van der Waals surface area (Å²) < 4.78 is 31.7. The number of methoxy groups -OCH3 is 1. The number of ether oxygens (including phenoxy) is 1. The maximum absolute atomic E-state index is 13.3. The number of anilines is 6. The maximum Gasteiger partial charge on any atom is 0.264 e. The molecule has 5 heterocycles. The van der Waals surface area contributed by atoms with Gasteiger partial charge in [-0.05, 0) is 82.3 Å². The van der Waals surface area contributed by atoms with Crippen molar-refractivity contribution in [2.24, 2.45) is 0 Å². The quantitative estimate of drug-likeness (QED) is 0.0430. The summed E-state index contributed by atoms with van der Waals surface area (Å²) in [6, 6.07) is 17.3. The SMILES string of the molecule is COc1cc(N2CCC(N3CCN(C(=O)CCCCCCCCCCCNc4cccc5c4C(=O)N(C4CCC(=O)NC4=O)C5=O)CC3)CC2)ccc1Nc1ncnc(Nc2ccccc2S(=O)(=O)C(C)C)n1. The lowest BCUT2D eigenvalue weighted by molar-refractivity contribution is -0.136. The number of hydrogen-bond donors (Lipinski definition) is 4. The van der Waals surface area contributed by atoms with Gasteiger partial charge >= 0.3 is 0 Å². The van der Waals surface area contributed by atoms with Crippen molar-refractivity contribution >= 4 is 74.0 Å². The molecule has 3 aromatic carbocycles. The second-order valence-electron chi connectivity index (χ2n) is 19.5. The summed E-state index contributed by atoms with van der Waals surface area (Å²) >= 11 is 0. The first-order chi connectivity index (χ1) is 35.3. The molecule has 19 nitrogen and oxygen atoms in total. The molecule has 1 unspecified atom stereocenters. The van der Waals surface area contributed by atoms with Gasteiger partial charge < -0.3 is 30.5 Å². The van der Waals surface area contributed by atoms with E-state index in [1.807, 2.05) is 12.1 Å². The summed E-state index contributed by atoms with van der Waals surface area (Å²) in [6.45, 7) is 9.14. The Morgan fingerprint density at radius 2 is 1.41 bits per heavy atom. The number of fused-ring (bicyclic) bond motifs is 1. The van der Waals surface area contributed by atoms with Gasteiger partial charge in [0.1, 0.15) is 18.1 Å². The van der Waals surface area contributed by atoms with E-state index in [0.29, 0.717) is 47.4 Å². The zero-order valence-electron chi connectivity index (χ0n) is 42.2. The number of piperazine rings is 1. The van der Waals surface area contributed by atoms with Gasteiger partial charge in [-0.3, -0.25) is 39.1 Å². The molecule has 3 fully saturated rings. The Morgan fingerprint density at radius 1 is 0.753 bits per heavy atom. The average Bonchev–Trinajstić information content (AvgIpc) is 3.65. The number of imide groups is 2. The normalized spacial score (nSPS) is 17.8. The van der Waals surface area contributed by atoms with E-state index in [2.05, 4.69) is 57.0 Å². The van der Waals surface area contributed by atoms with Crippen LogP contribution in [0.2, 0.25) is 0 Å². The third-order valence-electron chi connectivity index (χ3n) is 14.4. The van der Waals surface area contributed by atoms with E-state index < -0.39 is 44.8 Å². The van der Waals surface area contributed by atoms with E-state index in [0.717, 1.165) is 120 Å². The fraction of sp³-hybridized carbons (Fsp3) is 0.509. The van der Waals surface area contributed by atoms with E-state index in [9.17, 15) is 32.4 Å². The summed E-state index contributed by atoms with van der Waals surface area (Å²) in [4.78, 5) is 84.8. The number of unbranched alkanes of at least 4 members (excludes halogenated alkanes) is 8. The smallest absolute Gasteiger partial charge is 0.264 e. The molecule has 4 aliphatic heterocycles. The highest BCUT2D eigenvalue weighted by atomic mass is 32.2. The Hall–Kier alpha value is -6.67. The molecule has 1 atom stereocenters. The first kappa shape index (κ1) is 52.6. The number of amides is 5. The van der Waals surface area contributed by atoms with Crippen molar-refractivity contribution in [1.29, 1.82) is 0 Å². The van der Waals surface area contributed by atoms with E-state index >= 15 is 0 Å². The van der Waals surface area contributed by atoms with E-state index in [1.165, 1.54) is 6.33 Å². The van der Waals surface area contributed by atoms with Crippen LogP contribution in [0.1, 0.15) is 124 Å². The minimum absolute atomic E-state index is 0.0861. The molecule has 20 heteroatoms. The molecule has 5 amide bonds. The number of carbonyl (C=O) groups excluding carboxylic acids is 5. The first-order valence-corrected chi connectivity index (χ1v) is 27.5. The maximum atomic E-state index is 13.3. The van der Waals surface area contributed by atoms with Crippen LogP contribution in [0.5, 0.6) is 5.75 Å². The molecule has 4 aliphatic rings. The minimum Gasteiger partial charge on any atom is -0.494 e. The second-order valence-corrected chi connectivity index (χ2v) is 22.0. The number of aromatic nitrogens is 3. The highest BCUT2D eigenvalue weighted by Gasteiger charge is 2.45. The molecule has 0 bridgehead atoms. The number of piperidine rings is 2. The van der Waals surface area contributed by atoms with E-state index in [4.69, 9.17) is 4.74 Å². The van der Waals surface area contributed by atoms with Crippen molar-refractivity contribution in [2.45, 2.75) is 126 Å². The summed E-state index contributed by atoms with van der Waals surface area (Å²) in [5, 5.41) is 11.3. The number of hydrogen-bond acceptors (Lipinski definition) is 16. The van der Waals surface area contributed by atoms with Crippen LogP contribution in [0.3, 0.4) is 0 Å². The molecule has 0 aliphatic carbocycles. The van der Waals surface area contributed by atoms with Gasteiger partial charge in [0.2, 0.25) is 29.6 Å². The van der Waals surface area contributed by atoms with Gasteiger partial charge in [0.15, 0.2) is 9.84 Å². The fourth-order valence-electron chi connectivity index (χ4n) is 10.2. The van der Waals surface area contributed by atoms with Crippen molar-refractivity contribution in [3.8, 4) is 5.75 Å². The number of carbonyl (C=O) groups is 5. The molecular formula is C53H69N11O8S. The molecule has 390 valence electrons. The van der Waals surface area contributed by atoms with Gasteiger partial charge in [0.05, 0.1) is 39.8 Å². The minimum atomic E-state index is -3.54. The van der Waals surface area contributed by atoms with Crippen LogP contribution in [-0.4, -0.2) is 138 Å². The summed E-state index contributed by atoms with van der Waals surface area (Å²) in [5.41, 5.74) is 3.29. The summed E-state index contributed by atoms with van der Waals surface area (Å²) in [5.74, 6) is -0.636. The Kier molecular flexibility index (Phi) is 17.6. The molecule has 0 radical (unpaired) electrons. The largest absolute Gasteiger partial charge is 0.494 e. The van der Waals surface area contributed by atoms with E-state index in [1.54, 1.807) is 63.4 Å². The number of nitrogens with one attached hydrogen (secondary N) is 4. The number of sulfone groups is 1. The first-order valence-electron chi connectivity index (χ1n) is 25.9. The Balaban J connectivity index is 0.673. The van der Waals surface area contributed by atoms with Crippen LogP contribution in [0.15, 0.2) is 71.9 Å². The van der Waals surface area contributed by atoms with Gasteiger partial charge in [-0.2, -0.15) is 4.98 Å². The van der Waals surface area contributed by atoms with Crippen molar-refractivity contribution in [1.82, 2.24) is 35.0 Å². The summed E-state index contributed by atoms with van der Waals surface area (Å²) in [7, 11) is -1.91. The predicted octanol–water partition coefficient (Wildman–Crippen LogP) is 7.08.